The van der Waals surface area contributed by atoms with Crippen molar-refractivity contribution in [1.82, 2.24) is 9.97 Å². The number of nitrogen functional groups attached to an aromatic ring is 1. The van der Waals surface area contributed by atoms with Gasteiger partial charge in [0, 0.05) is 0 Å². The summed E-state index contributed by atoms with van der Waals surface area (Å²) in [6.07, 6.45) is -13.7. The van der Waals surface area contributed by atoms with E-state index in [1.54, 1.807) is 11.9 Å². The molecule has 1 unspecified atom stereocenters. The van der Waals surface area contributed by atoms with Crippen molar-refractivity contribution >= 4 is 44.1 Å². The van der Waals surface area contributed by atoms with E-state index in [1.165, 1.54) is 12.0 Å². The van der Waals surface area contributed by atoms with Gasteiger partial charge in [-0.3, -0.25) is 0 Å². The van der Waals surface area contributed by atoms with Crippen molar-refractivity contribution in [3.8, 4) is 0 Å². The van der Waals surface area contributed by atoms with E-state index < -0.39 is 63.3 Å². The van der Waals surface area contributed by atoms with Gasteiger partial charge in [0.25, 0.3) is 0 Å². The summed E-state index contributed by atoms with van der Waals surface area (Å²) in [5.74, 6) is 0.0876. The van der Waals surface area contributed by atoms with Crippen LogP contribution in [0.15, 0.2) is 4.79 Å². The van der Waals surface area contributed by atoms with E-state index in [-0.39, 0.29) is 24.1 Å². The van der Waals surface area contributed by atoms with Gasteiger partial charge in [-0.25, -0.2) is 0 Å². The molecule has 0 aromatic carbocycles. The second-order valence-electron chi connectivity index (χ2n) is 6.53. The summed E-state index contributed by atoms with van der Waals surface area (Å²) in [7, 11) is 2.97. The summed E-state index contributed by atoms with van der Waals surface area (Å²) in [5, 5.41) is 10.5. The normalized spacial score (nSPS) is 28.6. The third-order valence-corrected chi connectivity index (χ3v) is 15.1. The Labute approximate surface area is 175 Å². The Hall–Kier alpha value is -1.02. The molecule has 3 heterocycles. The summed E-state index contributed by atoms with van der Waals surface area (Å²) >= 11 is -2.00. The van der Waals surface area contributed by atoms with Crippen molar-refractivity contribution < 1.29 is 42.9 Å². The second-order valence-corrected chi connectivity index (χ2v) is 18.3. The molecule has 0 aliphatic carbocycles. The van der Waals surface area contributed by atoms with Gasteiger partial charge in [-0.05, 0) is 0 Å². The van der Waals surface area contributed by atoms with E-state index >= 15 is 0 Å². The van der Waals surface area contributed by atoms with Gasteiger partial charge in [0.15, 0.2) is 0 Å². The molecule has 1 saturated heterocycles. The van der Waals surface area contributed by atoms with Gasteiger partial charge >= 0.3 is 175 Å². The topological polar surface area (TPSA) is 221 Å². The molecule has 2 aliphatic heterocycles. The molecular formula is C12H21N5O10P2Se. The molecule has 1 fully saturated rings. The van der Waals surface area contributed by atoms with Crippen LogP contribution in [0, 0.1) is 0 Å². The number of rotatable bonds is 7. The molecule has 0 spiro atoms. The molecule has 15 nitrogen and oxygen atoms in total. The molecule has 0 bridgehead atoms. The SMILES string of the molecule is CO[C@@H]1[C@H](O)[C@@H](COP(=O)(O)[Se]P(=O)(O)O)O[C@H]1N1CN(C)c2c1nc(N)[nH]c2=O. The van der Waals surface area contributed by atoms with Crippen LogP contribution in [0.2, 0.25) is 0 Å². The quantitative estimate of drug-likeness (QED) is 0.158. The van der Waals surface area contributed by atoms with E-state index in [2.05, 4.69) is 9.97 Å². The number of nitrogens with one attached hydrogen (secondary N) is 1. The average Bonchev–Trinajstić information content (AvgIpc) is 3.07. The molecule has 7 N–H and O–H groups in total. The Morgan fingerprint density at radius 1 is 1.40 bits per heavy atom. The molecular weight excluding hydrogens is 515 g/mol. The predicted molar refractivity (Wildman–Crippen MR) is 104 cm³/mol. The van der Waals surface area contributed by atoms with Crippen molar-refractivity contribution in [1.29, 1.82) is 0 Å². The molecule has 5 atom stereocenters. The molecule has 0 radical (unpaired) electrons. The fraction of sp³-hybridized carbons (Fsp3) is 0.667. The molecule has 18 heteroatoms. The Bertz CT molecular complexity index is 958. The Balaban J connectivity index is 1.79. The fourth-order valence-electron chi connectivity index (χ4n) is 3.27. The minimum absolute atomic E-state index is 0.118. The van der Waals surface area contributed by atoms with E-state index in [4.69, 9.17) is 29.5 Å². The number of fused-ring (bicyclic) bond motifs is 1. The monoisotopic (exact) mass is 537 g/mol. The van der Waals surface area contributed by atoms with Gasteiger partial charge < -0.3 is 0 Å². The van der Waals surface area contributed by atoms with E-state index in [0.29, 0.717) is 0 Å². The first kappa shape index (κ1) is 23.6. The van der Waals surface area contributed by atoms with Crippen LogP contribution in [-0.4, -0.2) is 95.8 Å². The van der Waals surface area contributed by atoms with Crippen molar-refractivity contribution in [2.24, 2.45) is 0 Å². The van der Waals surface area contributed by atoms with Gasteiger partial charge in [-0.2, -0.15) is 0 Å². The van der Waals surface area contributed by atoms with Crippen LogP contribution in [0.4, 0.5) is 17.5 Å². The fourth-order valence-corrected chi connectivity index (χ4v) is 11.2. The number of hydrogen-bond acceptors (Lipinski definition) is 11. The number of nitrogens with two attached hydrogens (primary N) is 1. The first-order valence-corrected chi connectivity index (χ1v) is 15.9. The Kier molecular flexibility index (Phi) is 6.69. The van der Waals surface area contributed by atoms with E-state index in [1.807, 2.05) is 0 Å². The zero-order valence-electron chi connectivity index (χ0n) is 15.7. The first-order valence-electron chi connectivity index (χ1n) is 8.31. The second kappa shape index (κ2) is 8.49. The van der Waals surface area contributed by atoms with Crippen LogP contribution < -0.4 is 21.1 Å². The maximum absolute atomic E-state index is 12.2. The molecule has 30 heavy (non-hydrogen) atoms. The third-order valence-electron chi connectivity index (χ3n) is 4.42. The number of nitrogens with zero attached hydrogens (tertiary/aromatic N) is 3. The first-order chi connectivity index (χ1) is 13.8. The van der Waals surface area contributed by atoms with E-state index in [0.717, 1.165) is 0 Å². The van der Waals surface area contributed by atoms with Crippen molar-refractivity contribution in [3.05, 3.63) is 10.4 Å². The maximum atomic E-state index is 12.2. The van der Waals surface area contributed by atoms with Crippen LogP contribution in [0.25, 0.3) is 0 Å². The Morgan fingerprint density at radius 2 is 2.07 bits per heavy atom. The van der Waals surface area contributed by atoms with Gasteiger partial charge in [0.2, 0.25) is 0 Å². The number of aromatic nitrogens is 2. The molecule has 0 saturated carbocycles. The van der Waals surface area contributed by atoms with Crippen LogP contribution in [0.3, 0.4) is 0 Å². The number of aromatic amines is 1. The minimum atomic E-state index is -4.73. The van der Waals surface area contributed by atoms with E-state index in [9.17, 15) is 23.9 Å². The van der Waals surface area contributed by atoms with Gasteiger partial charge in [-0.15, -0.1) is 0 Å². The number of aliphatic hydroxyl groups is 1. The number of aliphatic hydroxyl groups excluding tert-OH is 1. The zero-order chi connectivity index (χ0) is 22.4. The molecule has 0 amide bonds. The third kappa shape index (κ3) is 4.90. The summed E-state index contributed by atoms with van der Waals surface area (Å²) < 4.78 is 38.7. The summed E-state index contributed by atoms with van der Waals surface area (Å²) in [6.45, 7) is -0.464. The summed E-state index contributed by atoms with van der Waals surface area (Å²) in [6, 6.07) is 0. The summed E-state index contributed by atoms with van der Waals surface area (Å²) in [5.41, 5.74) is 5.41. The van der Waals surface area contributed by atoms with Gasteiger partial charge in [0.1, 0.15) is 0 Å². The van der Waals surface area contributed by atoms with Crippen LogP contribution >= 0.6 is 12.6 Å². The number of anilines is 3. The molecule has 170 valence electrons. The molecule has 2 aliphatic rings. The Morgan fingerprint density at radius 3 is 2.67 bits per heavy atom. The molecule has 1 aromatic rings. The van der Waals surface area contributed by atoms with Crippen LogP contribution in [0.5, 0.6) is 0 Å². The number of hydrogen-bond donors (Lipinski definition) is 6. The number of methoxy groups -OCH3 is 1. The van der Waals surface area contributed by atoms with Crippen molar-refractivity contribution in [2.45, 2.75) is 24.5 Å². The van der Waals surface area contributed by atoms with Crippen LogP contribution in [0.1, 0.15) is 0 Å². The molecule has 3 rings (SSSR count). The number of H-pyrrole nitrogens is 1. The standard InChI is InChI=1S/C12H21N5O10P2Se/c1-16-4-17(9-6(16)10(19)15-12(13)14-9)11-8(25-2)7(18)5(27-11)3-26-29(23,24)30-28(20,21)22/h5,7-8,11,18H,3-4H2,1-2H3,(H,23,24)(H2,20,21,22)(H3,13,14,15,19)/t5-,7-,8-,11-/m1/s1. The van der Waals surface area contributed by atoms with Crippen LogP contribution in [-0.2, 0) is 23.1 Å². The molecule has 1 aromatic heterocycles. The van der Waals surface area contributed by atoms with Gasteiger partial charge in [0.05, 0.1) is 0 Å². The van der Waals surface area contributed by atoms with Crippen molar-refractivity contribution in [3.63, 3.8) is 0 Å². The number of ether oxygens (including phenoxy) is 2. The van der Waals surface area contributed by atoms with Gasteiger partial charge in [-0.1, -0.05) is 0 Å². The predicted octanol–water partition coefficient (Wildman–Crippen LogP) is -2.42. The zero-order valence-corrected chi connectivity index (χ0v) is 19.2. The average molecular weight is 536 g/mol. The van der Waals surface area contributed by atoms with Crippen molar-refractivity contribution in [2.75, 3.05) is 43.0 Å². The summed E-state index contributed by atoms with van der Waals surface area (Å²) in [4.78, 5) is 49.3.